The Kier molecular flexibility index (Phi) is 5.17. The van der Waals surface area contributed by atoms with E-state index in [1.807, 2.05) is 0 Å². The van der Waals surface area contributed by atoms with Gasteiger partial charge in [0.05, 0.1) is 5.02 Å². The van der Waals surface area contributed by atoms with E-state index >= 15 is 0 Å². The monoisotopic (exact) mass is 330 g/mol. The molecule has 21 heavy (non-hydrogen) atoms. The highest BCUT2D eigenvalue weighted by atomic mass is 35.5. The summed E-state index contributed by atoms with van der Waals surface area (Å²) in [5, 5.41) is 0.184. The molecule has 0 saturated heterocycles. The van der Waals surface area contributed by atoms with Crippen molar-refractivity contribution in [3.05, 3.63) is 23.2 Å². The molecule has 2 N–H and O–H groups in total. The smallest absolute Gasteiger partial charge is 0.244 e. The quantitative estimate of drug-likeness (QED) is 0.859. The highest BCUT2D eigenvalue weighted by molar-refractivity contribution is 7.89. The second-order valence-electron chi connectivity index (χ2n) is 5.79. The fraction of sp³-hybridized carbons (Fsp3) is 0.600. The number of sulfonamides is 1. The highest BCUT2D eigenvalue weighted by Gasteiger charge is 2.32. The van der Waals surface area contributed by atoms with Crippen molar-refractivity contribution >= 4 is 27.3 Å². The summed E-state index contributed by atoms with van der Waals surface area (Å²) >= 11 is 6.06. The van der Waals surface area contributed by atoms with E-state index in [4.69, 9.17) is 17.3 Å². The lowest BCUT2D eigenvalue weighted by Crippen LogP contribution is -2.39. The number of hydrogen-bond acceptors (Lipinski definition) is 3. The lowest BCUT2D eigenvalue weighted by atomic mass is 9.85. The molecule has 4 nitrogen and oxygen atoms in total. The van der Waals surface area contributed by atoms with Crippen LogP contribution >= 0.6 is 11.6 Å². The van der Waals surface area contributed by atoms with Crippen LogP contribution in [-0.2, 0) is 10.0 Å². The normalized spacial score (nSPS) is 23.4. The Morgan fingerprint density at radius 3 is 2.43 bits per heavy atom. The molecule has 1 saturated carbocycles. The molecule has 0 amide bonds. The van der Waals surface area contributed by atoms with Crippen molar-refractivity contribution in [2.75, 3.05) is 12.8 Å². The van der Waals surface area contributed by atoms with Crippen LogP contribution in [0.3, 0.4) is 0 Å². The van der Waals surface area contributed by atoms with Gasteiger partial charge in [0.15, 0.2) is 0 Å². The third-order valence-electron chi connectivity index (χ3n) is 4.52. The molecule has 0 radical (unpaired) electrons. The van der Waals surface area contributed by atoms with Gasteiger partial charge in [-0.05, 0) is 49.8 Å². The van der Waals surface area contributed by atoms with Crippen molar-refractivity contribution in [3.63, 3.8) is 0 Å². The molecule has 0 aliphatic heterocycles. The van der Waals surface area contributed by atoms with Gasteiger partial charge in [0.1, 0.15) is 4.90 Å². The average molecular weight is 331 g/mol. The van der Waals surface area contributed by atoms with Gasteiger partial charge in [-0.25, -0.2) is 8.42 Å². The molecule has 1 aromatic carbocycles. The summed E-state index contributed by atoms with van der Waals surface area (Å²) in [7, 11) is -1.91. The maximum atomic E-state index is 12.7. The number of nitrogen functional groups attached to an aromatic ring is 1. The van der Waals surface area contributed by atoms with Crippen LogP contribution in [0.5, 0.6) is 0 Å². The van der Waals surface area contributed by atoms with Crippen molar-refractivity contribution in [3.8, 4) is 0 Å². The lowest BCUT2D eigenvalue weighted by Gasteiger charge is -2.33. The number of hydrogen-bond donors (Lipinski definition) is 1. The predicted octanol–water partition coefficient (Wildman–Crippen LogP) is 3.51. The molecule has 0 bridgehead atoms. The molecular formula is C15H23ClN2O2S. The molecule has 1 aromatic rings. The number of nitrogens with zero attached hydrogens (tertiary/aromatic N) is 1. The Labute approximate surface area is 132 Å². The van der Waals surface area contributed by atoms with Gasteiger partial charge in [-0.1, -0.05) is 24.9 Å². The van der Waals surface area contributed by atoms with Crippen LogP contribution in [0.25, 0.3) is 0 Å². The Hall–Kier alpha value is -0.780. The van der Waals surface area contributed by atoms with Gasteiger partial charge >= 0.3 is 0 Å². The first-order valence-corrected chi connectivity index (χ1v) is 9.21. The van der Waals surface area contributed by atoms with Gasteiger partial charge in [0, 0.05) is 18.8 Å². The van der Waals surface area contributed by atoms with Crippen LogP contribution in [0.4, 0.5) is 5.69 Å². The summed E-state index contributed by atoms with van der Waals surface area (Å²) in [6, 6.07) is 4.60. The highest BCUT2D eigenvalue weighted by Crippen LogP contribution is 2.33. The van der Waals surface area contributed by atoms with Crippen molar-refractivity contribution in [2.45, 2.75) is 50.0 Å². The molecule has 2 rings (SSSR count). The Morgan fingerprint density at radius 2 is 1.90 bits per heavy atom. The van der Waals surface area contributed by atoms with Crippen molar-refractivity contribution in [1.82, 2.24) is 4.31 Å². The molecule has 0 heterocycles. The largest absolute Gasteiger partial charge is 0.399 e. The van der Waals surface area contributed by atoms with E-state index < -0.39 is 10.0 Å². The summed E-state index contributed by atoms with van der Waals surface area (Å²) in [6.07, 6.45) is 5.20. The van der Waals surface area contributed by atoms with E-state index in [0.29, 0.717) is 5.69 Å². The Bertz CT molecular complexity index is 596. The average Bonchev–Trinajstić information content (AvgIpc) is 2.46. The zero-order valence-corrected chi connectivity index (χ0v) is 14.1. The summed E-state index contributed by atoms with van der Waals surface area (Å²) in [5.41, 5.74) is 6.09. The molecule has 0 spiro atoms. The maximum absolute atomic E-state index is 12.7. The van der Waals surface area contributed by atoms with Gasteiger partial charge in [0.2, 0.25) is 10.0 Å². The van der Waals surface area contributed by atoms with E-state index in [9.17, 15) is 8.42 Å². The van der Waals surface area contributed by atoms with Crippen LogP contribution in [-0.4, -0.2) is 25.8 Å². The predicted molar refractivity (Wildman–Crippen MR) is 86.9 cm³/mol. The molecule has 1 fully saturated rings. The topological polar surface area (TPSA) is 63.4 Å². The van der Waals surface area contributed by atoms with Gasteiger partial charge in [0.25, 0.3) is 0 Å². The van der Waals surface area contributed by atoms with E-state index in [1.165, 1.54) is 22.9 Å². The molecule has 0 aromatic heterocycles. The summed E-state index contributed by atoms with van der Waals surface area (Å²) in [4.78, 5) is 0.137. The van der Waals surface area contributed by atoms with Crippen LogP contribution in [0.2, 0.25) is 5.02 Å². The number of anilines is 1. The van der Waals surface area contributed by atoms with Crippen LogP contribution < -0.4 is 5.73 Å². The second kappa shape index (κ2) is 6.55. The number of nitrogens with two attached hydrogens (primary N) is 1. The SMILES string of the molecule is CCC1CCC(N(C)S(=O)(=O)c2ccc(N)cc2Cl)CC1. The summed E-state index contributed by atoms with van der Waals surface area (Å²) < 4.78 is 26.9. The fourth-order valence-electron chi connectivity index (χ4n) is 2.99. The van der Waals surface area contributed by atoms with Gasteiger partial charge in [-0.2, -0.15) is 4.31 Å². The Morgan fingerprint density at radius 1 is 1.29 bits per heavy atom. The van der Waals surface area contributed by atoms with E-state index in [-0.39, 0.29) is 16.0 Å². The zero-order valence-electron chi connectivity index (χ0n) is 12.5. The van der Waals surface area contributed by atoms with Crippen LogP contribution in [0.1, 0.15) is 39.0 Å². The van der Waals surface area contributed by atoms with E-state index in [1.54, 1.807) is 13.1 Å². The zero-order chi connectivity index (χ0) is 15.6. The minimum Gasteiger partial charge on any atom is -0.399 e. The minimum absolute atomic E-state index is 0.0615. The van der Waals surface area contributed by atoms with Crippen LogP contribution in [0.15, 0.2) is 23.1 Å². The fourth-order valence-corrected chi connectivity index (χ4v) is 4.93. The van der Waals surface area contributed by atoms with Gasteiger partial charge < -0.3 is 5.73 Å². The minimum atomic E-state index is -3.56. The number of rotatable bonds is 4. The Balaban J connectivity index is 2.19. The van der Waals surface area contributed by atoms with Crippen molar-refractivity contribution < 1.29 is 8.42 Å². The van der Waals surface area contributed by atoms with Gasteiger partial charge in [-0.15, -0.1) is 0 Å². The van der Waals surface area contributed by atoms with E-state index in [2.05, 4.69) is 6.92 Å². The van der Waals surface area contributed by atoms with Crippen molar-refractivity contribution in [1.29, 1.82) is 0 Å². The second-order valence-corrected chi connectivity index (χ2v) is 8.17. The molecule has 1 aliphatic carbocycles. The van der Waals surface area contributed by atoms with Crippen LogP contribution in [0, 0.1) is 5.92 Å². The molecular weight excluding hydrogens is 308 g/mol. The molecule has 118 valence electrons. The molecule has 0 atom stereocenters. The molecule has 0 unspecified atom stereocenters. The molecule has 1 aliphatic rings. The van der Waals surface area contributed by atoms with E-state index in [0.717, 1.165) is 31.6 Å². The summed E-state index contributed by atoms with van der Waals surface area (Å²) in [6.45, 7) is 2.19. The van der Waals surface area contributed by atoms with Gasteiger partial charge in [-0.3, -0.25) is 0 Å². The number of benzene rings is 1. The maximum Gasteiger partial charge on any atom is 0.244 e. The van der Waals surface area contributed by atoms with Crippen molar-refractivity contribution in [2.24, 2.45) is 5.92 Å². The standard InChI is InChI=1S/C15H23ClN2O2S/c1-3-11-4-7-13(8-5-11)18(2)21(19,20)15-9-6-12(17)10-14(15)16/h6,9-11,13H,3-5,7-8,17H2,1-2H3. The number of halogens is 1. The summed E-state index contributed by atoms with van der Waals surface area (Å²) in [5.74, 6) is 0.734. The molecule has 6 heteroatoms. The third-order valence-corrected chi connectivity index (χ3v) is 6.91. The first-order chi connectivity index (χ1) is 9.86. The lowest BCUT2D eigenvalue weighted by molar-refractivity contribution is 0.233. The first kappa shape index (κ1) is 16.6. The first-order valence-electron chi connectivity index (χ1n) is 7.39. The third kappa shape index (κ3) is 3.52.